The van der Waals surface area contributed by atoms with Gasteiger partial charge in [0.05, 0.1) is 6.04 Å². The first-order valence-corrected chi connectivity index (χ1v) is 5.79. The second-order valence-electron chi connectivity index (χ2n) is 3.27. The Morgan fingerprint density at radius 1 is 1.75 bits per heavy atom. The summed E-state index contributed by atoms with van der Waals surface area (Å²) in [4.78, 5) is 0. The van der Waals surface area contributed by atoms with Gasteiger partial charge in [-0.1, -0.05) is 12.8 Å². The molecule has 0 amide bonds. The van der Waals surface area contributed by atoms with E-state index in [0.717, 1.165) is 18.9 Å². The molecule has 0 radical (unpaired) electrons. The summed E-state index contributed by atoms with van der Waals surface area (Å²) in [5.74, 6) is 6.26. The predicted octanol–water partition coefficient (Wildman–Crippen LogP) is 1.74. The molecule has 1 fully saturated rings. The van der Waals surface area contributed by atoms with Gasteiger partial charge in [-0.2, -0.15) is 11.8 Å². The second-order valence-corrected chi connectivity index (χ2v) is 4.42. The van der Waals surface area contributed by atoms with E-state index in [1.165, 1.54) is 17.9 Å². The fourth-order valence-electron chi connectivity index (χ4n) is 1.37. The van der Waals surface area contributed by atoms with Crippen LogP contribution in [0.4, 0.5) is 0 Å². The summed E-state index contributed by atoms with van der Waals surface area (Å²) < 4.78 is 0. The lowest BCUT2D eigenvalue weighted by atomic mass is 10.1. The summed E-state index contributed by atoms with van der Waals surface area (Å²) in [6.07, 6.45) is 7.75. The van der Waals surface area contributed by atoms with Gasteiger partial charge in [0, 0.05) is 0 Å². The topological polar surface area (TPSA) is 12.0 Å². The molecule has 1 heterocycles. The Balaban J connectivity index is 2.11. The number of nitrogens with one attached hydrogen (secondary N) is 1. The van der Waals surface area contributed by atoms with Crippen molar-refractivity contribution in [3.8, 4) is 12.3 Å². The lowest BCUT2D eigenvalue weighted by Gasteiger charge is -2.13. The highest BCUT2D eigenvalue weighted by molar-refractivity contribution is 7.99. The standard InChI is InChI=1S/C10H17NS/c1-3-10(4-2)11-7-9-5-6-12-8-9/h1,9-11H,4-8H2,2H3. The predicted molar refractivity (Wildman–Crippen MR) is 56.3 cm³/mol. The minimum Gasteiger partial charge on any atom is -0.303 e. The van der Waals surface area contributed by atoms with E-state index in [1.807, 2.05) is 0 Å². The van der Waals surface area contributed by atoms with Gasteiger partial charge >= 0.3 is 0 Å². The molecule has 0 aromatic rings. The number of rotatable bonds is 4. The largest absolute Gasteiger partial charge is 0.303 e. The van der Waals surface area contributed by atoms with Gasteiger partial charge < -0.3 is 5.32 Å². The van der Waals surface area contributed by atoms with Gasteiger partial charge in [-0.3, -0.25) is 0 Å². The number of thioether (sulfide) groups is 1. The minimum absolute atomic E-state index is 0.288. The summed E-state index contributed by atoms with van der Waals surface area (Å²) in [6, 6.07) is 0.288. The van der Waals surface area contributed by atoms with Crippen molar-refractivity contribution in [2.24, 2.45) is 5.92 Å². The molecule has 2 atom stereocenters. The van der Waals surface area contributed by atoms with E-state index < -0.39 is 0 Å². The molecule has 68 valence electrons. The minimum atomic E-state index is 0.288. The van der Waals surface area contributed by atoms with E-state index in [0.29, 0.717) is 0 Å². The second kappa shape index (κ2) is 5.50. The smallest absolute Gasteiger partial charge is 0.0684 e. The quantitative estimate of drug-likeness (QED) is 0.666. The van der Waals surface area contributed by atoms with Crippen LogP contribution >= 0.6 is 11.8 Å². The fraction of sp³-hybridized carbons (Fsp3) is 0.800. The summed E-state index contributed by atoms with van der Waals surface area (Å²) in [5, 5.41) is 3.41. The van der Waals surface area contributed by atoms with Gasteiger partial charge in [-0.15, -0.1) is 6.42 Å². The van der Waals surface area contributed by atoms with Crippen LogP contribution in [0.15, 0.2) is 0 Å². The molecule has 0 bridgehead atoms. The van der Waals surface area contributed by atoms with Crippen molar-refractivity contribution in [2.45, 2.75) is 25.8 Å². The summed E-state index contributed by atoms with van der Waals surface area (Å²) in [7, 11) is 0. The first kappa shape index (κ1) is 9.95. The van der Waals surface area contributed by atoms with Crippen molar-refractivity contribution in [1.82, 2.24) is 5.32 Å². The van der Waals surface area contributed by atoms with Crippen molar-refractivity contribution in [3.63, 3.8) is 0 Å². The molecule has 0 spiro atoms. The Morgan fingerprint density at radius 3 is 3.08 bits per heavy atom. The van der Waals surface area contributed by atoms with Gasteiger partial charge in [0.25, 0.3) is 0 Å². The van der Waals surface area contributed by atoms with Crippen LogP contribution in [0.25, 0.3) is 0 Å². The number of hydrogen-bond acceptors (Lipinski definition) is 2. The van der Waals surface area contributed by atoms with Gasteiger partial charge in [0.15, 0.2) is 0 Å². The van der Waals surface area contributed by atoms with Crippen molar-refractivity contribution in [1.29, 1.82) is 0 Å². The maximum Gasteiger partial charge on any atom is 0.0684 e. The van der Waals surface area contributed by atoms with Crippen molar-refractivity contribution in [2.75, 3.05) is 18.1 Å². The molecule has 1 aliphatic heterocycles. The van der Waals surface area contributed by atoms with Gasteiger partial charge in [0.1, 0.15) is 0 Å². The maximum absolute atomic E-state index is 5.35. The van der Waals surface area contributed by atoms with Crippen LogP contribution in [0, 0.1) is 18.3 Å². The van der Waals surface area contributed by atoms with Crippen LogP contribution in [-0.4, -0.2) is 24.1 Å². The molecule has 2 heteroatoms. The van der Waals surface area contributed by atoms with E-state index in [4.69, 9.17) is 6.42 Å². The molecule has 0 saturated carbocycles. The van der Waals surface area contributed by atoms with Crippen molar-refractivity contribution < 1.29 is 0 Å². The van der Waals surface area contributed by atoms with E-state index >= 15 is 0 Å². The number of terminal acetylenes is 1. The zero-order valence-electron chi connectivity index (χ0n) is 7.68. The molecular weight excluding hydrogens is 166 g/mol. The van der Waals surface area contributed by atoms with Crippen LogP contribution in [-0.2, 0) is 0 Å². The Morgan fingerprint density at radius 2 is 2.58 bits per heavy atom. The summed E-state index contributed by atoms with van der Waals surface area (Å²) in [5.41, 5.74) is 0. The molecule has 12 heavy (non-hydrogen) atoms. The van der Waals surface area contributed by atoms with Crippen LogP contribution in [0.2, 0.25) is 0 Å². The molecule has 0 aromatic heterocycles. The highest BCUT2D eigenvalue weighted by Crippen LogP contribution is 2.22. The van der Waals surface area contributed by atoms with Crippen LogP contribution in [0.1, 0.15) is 19.8 Å². The molecule has 1 nitrogen and oxygen atoms in total. The zero-order chi connectivity index (χ0) is 8.81. The first-order valence-electron chi connectivity index (χ1n) is 4.64. The molecule has 1 rings (SSSR count). The van der Waals surface area contributed by atoms with E-state index in [-0.39, 0.29) is 6.04 Å². The molecule has 2 unspecified atom stereocenters. The van der Waals surface area contributed by atoms with Gasteiger partial charge in [0.2, 0.25) is 0 Å². The fourth-order valence-corrected chi connectivity index (χ4v) is 2.66. The third kappa shape index (κ3) is 3.08. The Kier molecular flexibility index (Phi) is 4.57. The zero-order valence-corrected chi connectivity index (χ0v) is 8.49. The summed E-state index contributed by atoms with van der Waals surface area (Å²) in [6.45, 7) is 3.23. The average molecular weight is 183 g/mol. The van der Waals surface area contributed by atoms with Crippen LogP contribution in [0.5, 0.6) is 0 Å². The molecule has 1 saturated heterocycles. The van der Waals surface area contributed by atoms with E-state index in [1.54, 1.807) is 0 Å². The lowest BCUT2D eigenvalue weighted by molar-refractivity contribution is 0.489. The monoisotopic (exact) mass is 183 g/mol. The van der Waals surface area contributed by atoms with Gasteiger partial charge in [-0.05, 0) is 36.8 Å². The molecule has 1 N–H and O–H groups in total. The first-order chi connectivity index (χ1) is 5.86. The Labute approximate surface area is 79.7 Å². The maximum atomic E-state index is 5.35. The summed E-state index contributed by atoms with van der Waals surface area (Å²) >= 11 is 2.06. The average Bonchev–Trinajstić information content (AvgIpc) is 2.59. The molecule has 1 aliphatic rings. The Hall–Kier alpha value is -0.130. The Bertz CT molecular complexity index is 156. The normalized spacial score (nSPS) is 25.2. The number of hydrogen-bond donors (Lipinski definition) is 1. The third-order valence-electron chi connectivity index (χ3n) is 2.29. The molecule has 0 aromatic carbocycles. The SMILES string of the molecule is C#CC(CC)NCC1CCSC1. The van der Waals surface area contributed by atoms with Crippen LogP contribution < -0.4 is 5.32 Å². The highest BCUT2D eigenvalue weighted by Gasteiger charge is 2.15. The van der Waals surface area contributed by atoms with E-state index in [2.05, 4.69) is 29.9 Å². The molecular formula is C10H17NS. The van der Waals surface area contributed by atoms with Gasteiger partial charge in [-0.25, -0.2) is 0 Å². The highest BCUT2D eigenvalue weighted by atomic mass is 32.2. The lowest BCUT2D eigenvalue weighted by Crippen LogP contribution is -2.31. The van der Waals surface area contributed by atoms with Crippen LogP contribution in [0.3, 0.4) is 0 Å². The van der Waals surface area contributed by atoms with Crippen molar-refractivity contribution >= 4 is 11.8 Å². The third-order valence-corrected chi connectivity index (χ3v) is 3.52. The van der Waals surface area contributed by atoms with Crippen molar-refractivity contribution in [3.05, 3.63) is 0 Å². The molecule has 0 aliphatic carbocycles. The van der Waals surface area contributed by atoms with E-state index in [9.17, 15) is 0 Å².